The van der Waals surface area contributed by atoms with E-state index >= 15 is 0 Å². The van der Waals surface area contributed by atoms with Gasteiger partial charge in [0.2, 0.25) is 33.7 Å². The molecule has 7 aromatic rings. The van der Waals surface area contributed by atoms with Crippen molar-refractivity contribution in [2.75, 3.05) is 34.4 Å². The van der Waals surface area contributed by atoms with Gasteiger partial charge >= 0.3 is 12.4 Å². The second kappa shape index (κ2) is 24.9. The van der Waals surface area contributed by atoms with Gasteiger partial charge in [0, 0.05) is 74.0 Å². The number of carbonyl (C=O) groups excluding carboxylic acids is 4. The number of rotatable bonds is 20. The van der Waals surface area contributed by atoms with Crippen molar-refractivity contribution in [3.8, 4) is 27.4 Å². The average molecular weight is 1150 g/mol. The molecule has 0 saturated carbocycles. The summed E-state index contributed by atoms with van der Waals surface area (Å²) in [5.74, 6) is -1.29. The quantitative estimate of drug-likeness (QED) is 0.0358. The van der Waals surface area contributed by atoms with E-state index in [9.17, 15) is 45.9 Å². The number of benzene rings is 4. The summed E-state index contributed by atoms with van der Waals surface area (Å²) in [4.78, 5) is 71.3. The van der Waals surface area contributed by atoms with Gasteiger partial charge in [0.05, 0.1) is 33.3 Å². The molecule has 3 atom stereocenters. The van der Waals surface area contributed by atoms with Crippen LogP contribution in [0.4, 0.5) is 52.5 Å². The summed E-state index contributed by atoms with van der Waals surface area (Å²) in [5, 5.41) is 38.1. The number of anilines is 6. The number of aliphatic hydroxyl groups is 1. The van der Waals surface area contributed by atoms with Crippen molar-refractivity contribution in [3.63, 3.8) is 0 Å². The number of nitrogens with zero attached hydrogens (tertiary/aromatic N) is 8. The molecule has 4 aromatic carbocycles. The lowest BCUT2D eigenvalue weighted by Crippen LogP contribution is -2.57. The van der Waals surface area contributed by atoms with Crippen molar-refractivity contribution in [1.29, 1.82) is 0 Å². The van der Waals surface area contributed by atoms with E-state index < -0.39 is 69.5 Å². The first kappa shape index (κ1) is 58.6. The van der Waals surface area contributed by atoms with Gasteiger partial charge in [-0.3, -0.25) is 19.1 Å². The van der Waals surface area contributed by atoms with Gasteiger partial charge in [-0.05, 0) is 103 Å². The first-order valence-electron chi connectivity index (χ1n) is 25.4. The predicted octanol–water partition coefficient (Wildman–Crippen LogP) is 7.85. The number of nitrogens with one attached hydrogen (secondary N) is 5. The molecule has 426 valence electrons. The summed E-state index contributed by atoms with van der Waals surface area (Å²) in [6, 6.07) is 22.7. The van der Waals surface area contributed by atoms with Crippen LogP contribution < -0.4 is 41.4 Å². The van der Waals surface area contributed by atoms with E-state index in [1.54, 1.807) is 86.0 Å². The van der Waals surface area contributed by atoms with E-state index in [-0.39, 0.29) is 60.3 Å². The number of sulfonamides is 1. The van der Waals surface area contributed by atoms with Gasteiger partial charge in [-0.15, -0.1) is 29.6 Å². The number of thiazole rings is 1. The number of hydrogen-bond donors (Lipinski definition) is 7. The van der Waals surface area contributed by atoms with E-state index in [0.717, 1.165) is 27.8 Å². The summed E-state index contributed by atoms with van der Waals surface area (Å²) in [6.45, 7) is 7.63. The number of alkyl halides is 3. The van der Waals surface area contributed by atoms with E-state index in [2.05, 4.69) is 56.6 Å². The normalized spacial score (nSPS) is 14.9. The van der Waals surface area contributed by atoms with Crippen molar-refractivity contribution < 1.29 is 50.6 Å². The highest BCUT2D eigenvalue weighted by atomic mass is 32.2. The van der Waals surface area contributed by atoms with Gasteiger partial charge in [0.15, 0.2) is 0 Å². The molecule has 1 aliphatic rings. The fourth-order valence-electron chi connectivity index (χ4n) is 8.80. The molecule has 8 rings (SSSR count). The van der Waals surface area contributed by atoms with Crippen LogP contribution in [0.15, 0.2) is 120 Å². The predicted molar refractivity (Wildman–Crippen MR) is 298 cm³/mol. The van der Waals surface area contributed by atoms with E-state index in [1.807, 2.05) is 31.2 Å². The third-order valence-electron chi connectivity index (χ3n) is 12.9. The maximum atomic E-state index is 14.1. The molecule has 0 radical (unpaired) electrons. The standard InChI is InChI=1S/C54H59F3N14O8S2/c1-32-47(80-31-61-32)34-14-12-33(13-15-34)28-60-49(74)43-27-39(72)29-71(43)50(75)48(53(2,3)4)66-46(73)11-6-7-24-70-30-42(67-68-70)41-26-37(18-21-44(41)79-54(55,56)57)64-52(76)63-35-16-19-38(20-17-35)69(5)45-22-23-59-51(65-45)62-36-9-8-10-40(25-36)81(58,77)78/h8-10,12-23,25-26,30-31,39,43,48,72H,6-7,11,24,27-29H2,1-5H3,(H,60,74)(H,66,73)(H2,58,77,78)(H,59,62,65)(H2,63,64,76)/t39-,43+,48?/m1/s1. The average Bonchev–Trinajstić information content (AvgIpc) is 4.18. The van der Waals surface area contributed by atoms with Crippen LogP contribution in [0.1, 0.15) is 57.7 Å². The SMILES string of the molecule is Cc1ncsc1-c1ccc(CNC(=O)[C@@H]2C[C@@H](O)CN2C(=O)C(NC(=O)CCCCn2cc(-c3cc(NC(=O)Nc4ccc(N(C)c5ccnc(Nc6cccc(S(N)(=O)=O)c6)n5)cc4)ccc3OC(F)(F)F)nn2)C(C)(C)C)cc1. The molecule has 0 aliphatic carbocycles. The van der Waals surface area contributed by atoms with Gasteiger partial charge in [-0.1, -0.05) is 56.3 Å². The number of aromatic nitrogens is 6. The fourth-order valence-corrected chi connectivity index (χ4v) is 10.2. The molecule has 1 unspecified atom stereocenters. The zero-order valence-electron chi connectivity index (χ0n) is 44.6. The number of aliphatic hydroxyl groups excluding tert-OH is 1. The van der Waals surface area contributed by atoms with Gasteiger partial charge in [-0.2, -0.15) is 4.98 Å². The summed E-state index contributed by atoms with van der Waals surface area (Å²) < 4.78 is 70.1. The number of nitrogens with two attached hydrogens (primary N) is 1. The number of unbranched alkanes of at least 4 members (excludes halogenated alkanes) is 1. The molecule has 0 spiro atoms. The van der Waals surface area contributed by atoms with Crippen LogP contribution in [0.2, 0.25) is 0 Å². The first-order chi connectivity index (χ1) is 38.4. The smallest absolute Gasteiger partial charge is 0.405 e. The zero-order valence-corrected chi connectivity index (χ0v) is 46.2. The van der Waals surface area contributed by atoms with E-state index in [0.29, 0.717) is 35.7 Å². The number of carbonyl (C=O) groups is 4. The lowest BCUT2D eigenvalue weighted by molar-refractivity contribution is -0.274. The monoisotopic (exact) mass is 1150 g/mol. The molecule has 8 N–H and O–H groups in total. The molecule has 1 fully saturated rings. The molecule has 4 heterocycles. The minimum atomic E-state index is -5.06. The zero-order chi connectivity index (χ0) is 58.2. The Balaban J connectivity index is 0.830. The number of urea groups is 1. The fraction of sp³-hybridized carbons (Fsp3) is 0.315. The van der Waals surface area contributed by atoms with Crippen molar-refractivity contribution in [2.45, 2.75) is 95.9 Å². The highest BCUT2D eigenvalue weighted by Gasteiger charge is 2.44. The molecule has 0 bridgehead atoms. The van der Waals surface area contributed by atoms with Gasteiger partial charge in [-0.25, -0.2) is 28.3 Å². The third kappa shape index (κ3) is 15.6. The van der Waals surface area contributed by atoms with Crippen LogP contribution in [-0.4, -0.2) is 110 Å². The summed E-state index contributed by atoms with van der Waals surface area (Å²) in [6.07, 6.45) is -2.34. The Morgan fingerprint density at radius 3 is 2.35 bits per heavy atom. The van der Waals surface area contributed by atoms with Crippen LogP contribution in [0, 0.1) is 12.3 Å². The van der Waals surface area contributed by atoms with Gasteiger partial charge in [0.1, 0.15) is 29.3 Å². The highest BCUT2D eigenvalue weighted by Crippen LogP contribution is 2.36. The molecule has 22 nitrogen and oxygen atoms in total. The van der Waals surface area contributed by atoms with Crippen LogP contribution in [0.5, 0.6) is 5.75 Å². The summed E-state index contributed by atoms with van der Waals surface area (Å²) in [7, 11) is -2.18. The van der Waals surface area contributed by atoms with Crippen LogP contribution in [0.3, 0.4) is 0 Å². The number of aryl methyl sites for hydroxylation is 2. The maximum Gasteiger partial charge on any atom is 0.573 e. The molecule has 3 aromatic heterocycles. The third-order valence-corrected chi connectivity index (χ3v) is 14.8. The lowest BCUT2D eigenvalue weighted by Gasteiger charge is -2.35. The highest BCUT2D eigenvalue weighted by molar-refractivity contribution is 7.89. The van der Waals surface area contributed by atoms with Crippen molar-refractivity contribution >= 4 is 79.6 Å². The summed E-state index contributed by atoms with van der Waals surface area (Å²) in [5.41, 5.74) is 5.21. The molecule has 81 heavy (non-hydrogen) atoms. The van der Waals surface area contributed by atoms with Gasteiger partial charge in [0.25, 0.3) is 0 Å². The Morgan fingerprint density at radius 2 is 1.65 bits per heavy atom. The Morgan fingerprint density at radius 1 is 0.926 bits per heavy atom. The van der Waals surface area contributed by atoms with Crippen LogP contribution >= 0.6 is 11.3 Å². The number of likely N-dealkylation sites (tertiary alicyclic amines) is 1. The molecule has 1 saturated heterocycles. The number of amides is 5. The maximum absolute atomic E-state index is 14.1. The Kier molecular flexibility index (Phi) is 18.0. The Labute approximate surface area is 468 Å². The Bertz CT molecular complexity index is 3500. The van der Waals surface area contributed by atoms with Crippen LogP contribution in [0.25, 0.3) is 21.7 Å². The number of β-amino-alcohol motifs (C(OH)–C–C–N with tert-alkyl or cyclic N) is 1. The van der Waals surface area contributed by atoms with Crippen molar-refractivity contribution in [3.05, 3.63) is 126 Å². The minimum Gasteiger partial charge on any atom is -0.405 e. The number of primary sulfonamides is 1. The first-order valence-corrected chi connectivity index (χ1v) is 27.8. The number of halogens is 3. The molecule has 5 amide bonds. The lowest BCUT2D eigenvalue weighted by atomic mass is 9.85. The second-order valence-corrected chi connectivity index (χ2v) is 22.6. The second-order valence-electron chi connectivity index (χ2n) is 20.1. The van der Waals surface area contributed by atoms with Crippen molar-refractivity contribution in [2.24, 2.45) is 10.6 Å². The minimum absolute atomic E-state index is 0.000610. The Hall–Kier alpha value is -8.53. The number of ether oxygens (including phenoxy) is 1. The number of hydrogen-bond acceptors (Lipinski definition) is 16. The molecular weight excluding hydrogens is 1090 g/mol. The summed E-state index contributed by atoms with van der Waals surface area (Å²) >= 11 is 1.54. The topological polar surface area (TPSA) is 294 Å². The van der Waals surface area contributed by atoms with E-state index in [4.69, 9.17) is 5.14 Å². The van der Waals surface area contributed by atoms with E-state index in [1.165, 1.54) is 52.3 Å². The molecule has 27 heteroatoms. The van der Waals surface area contributed by atoms with Crippen LogP contribution in [-0.2, 0) is 37.5 Å². The molecular formula is C54H59F3N14O8S2. The van der Waals surface area contributed by atoms with Gasteiger partial charge < -0.3 is 46.2 Å². The largest absolute Gasteiger partial charge is 0.573 e. The van der Waals surface area contributed by atoms with Crippen molar-refractivity contribution in [1.82, 2.24) is 45.5 Å². The molecule has 1 aliphatic heterocycles.